The maximum absolute atomic E-state index is 5.73. The van der Waals surface area contributed by atoms with Gasteiger partial charge in [-0.15, -0.1) is 0 Å². The van der Waals surface area contributed by atoms with Gasteiger partial charge in [-0.1, -0.05) is 63.5 Å². The second kappa shape index (κ2) is 13.5. The van der Waals surface area contributed by atoms with Crippen molar-refractivity contribution in [3.63, 3.8) is 0 Å². The van der Waals surface area contributed by atoms with Crippen molar-refractivity contribution in [2.75, 3.05) is 13.2 Å². The van der Waals surface area contributed by atoms with Gasteiger partial charge in [0.15, 0.2) is 0 Å². The van der Waals surface area contributed by atoms with Crippen LogP contribution in [0.4, 0.5) is 0 Å². The molecule has 0 atom stereocenters. The Balaban J connectivity index is 1.79. The van der Waals surface area contributed by atoms with Crippen LogP contribution in [0.2, 0.25) is 0 Å². The molecule has 148 valence electrons. The minimum atomic E-state index is 0.613. The van der Waals surface area contributed by atoms with E-state index in [1.165, 1.54) is 25.7 Å². The molecule has 0 aliphatic rings. The normalized spacial score (nSPS) is 10.5. The Kier molecular flexibility index (Phi) is 10.4. The molecule has 0 aromatic heterocycles. The molecule has 0 saturated carbocycles. The van der Waals surface area contributed by atoms with E-state index in [0.29, 0.717) is 6.61 Å². The fourth-order valence-corrected chi connectivity index (χ4v) is 2.61. The van der Waals surface area contributed by atoms with Crippen LogP contribution in [-0.2, 0) is 0 Å². The van der Waals surface area contributed by atoms with E-state index in [1.807, 2.05) is 48.5 Å². The topological polar surface area (TPSA) is 18.5 Å². The van der Waals surface area contributed by atoms with Crippen molar-refractivity contribution in [1.82, 2.24) is 0 Å². The second-order valence-electron chi connectivity index (χ2n) is 6.78. The molecule has 28 heavy (non-hydrogen) atoms. The van der Waals surface area contributed by atoms with Gasteiger partial charge in [0.05, 0.1) is 6.61 Å². The molecule has 0 heterocycles. The van der Waals surface area contributed by atoms with E-state index in [1.54, 1.807) is 0 Å². The minimum Gasteiger partial charge on any atom is -0.494 e. The van der Waals surface area contributed by atoms with Gasteiger partial charge in [0, 0.05) is 11.1 Å². The van der Waals surface area contributed by atoms with Crippen molar-refractivity contribution < 1.29 is 9.47 Å². The van der Waals surface area contributed by atoms with Gasteiger partial charge < -0.3 is 9.47 Å². The maximum atomic E-state index is 5.73. The third-order valence-corrected chi connectivity index (χ3v) is 4.31. The van der Waals surface area contributed by atoms with Gasteiger partial charge >= 0.3 is 0 Å². The first-order chi connectivity index (χ1) is 13.8. The minimum absolute atomic E-state index is 0.613. The highest BCUT2D eigenvalue weighted by molar-refractivity contribution is 5.45. The quantitative estimate of drug-likeness (QED) is 0.244. The van der Waals surface area contributed by atoms with Gasteiger partial charge in [-0.3, -0.25) is 0 Å². The van der Waals surface area contributed by atoms with Gasteiger partial charge in [0.25, 0.3) is 0 Å². The molecule has 0 aliphatic heterocycles. The third kappa shape index (κ3) is 8.82. The molecule has 0 amide bonds. The Morgan fingerprint density at radius 3 is 1.82 bits per heavy atom. The average Bonchev–Trinajstić information content (AvgIpc) is 2.74. The van der Waals surface area contributed by atoms with Crippen molar-refractivity contribution in [3.8, 4) is 23.3 Å². The van der Waals surface area contributed by atoms with Crippen molar-refractivity contribution >= 4 is 0 Å². The number of benzene rings is 2. The van der Waals surface area contributed by atoms with Crippen LogP contribution in [0.15, 0.2) is 60.7 Å². The molecule has 0 fully saturated rings. The van der Waals surface area contributed by atoms with Crippen molar-refractivity contribution in [3.05, 3.63) is 71.8 Å². The lowest BCUT2D eigenvalue weighted by Gasteiger charge is -2.05. The molecule has 0 saturated heterocycles. The van der Waals surface area contributed by atoms with E-state index in [0.717, 1.165) is 42.1 Å². The number of rotatable bonds is 11. The lowest BCUT2D eigenvalue weighted by molar-refractivity contribution is 0.306. The zero-order chi connectivity index (χ0) is 19.9. The molecule has 0 aliphatic carbocycles. The summed E-state index contributed by atoms with van der Waals surface area (Å²) in [6, 6.07) is 15.9. The van der Waals surface area contributed by atoms with Crippen LogP contribution in [-0.4, -0.2) is 13.2 Å². The van der Waals surface area contributed by atoms with E-state index >= 15 is 0 Å². The zero-order valence-corrected chi connectivity index (χ0v) is 17.2. The first-order valence-corrected chi connectivity index (χ1v) is 10.4. The highest BCUT2D eigenvalue weighted by Gasteiger charge is 1.95. The Morgan fingerprint density at radius 1 is 0.679 bits per heavy atom. The average molecular weight is 377 g/mol. The molecule has 2 rings (SSSR count). The molecule has 0 unspecified atom stereocenters. The first kappa shape index (κ1) is 21.6. The van der Waals surface area contributed by atoms with Gasteiger partial charge in [0.2, 0.25) is 0 Å². The summed E-state index contributed by atoms with van der Waals surface area (Å²) in [5.41, 5.74) is 1.96. The molecule has 2 aromatic rings. The molecule has 0 bridgehead atoms. The van der Waals surface area contributed by atoms with Crippen LogP contribution in [0.3, 0.4) is 0 Å². The number of hydrogen-bond acceptors (Lipinski definition) is 2. The van der Waals surface area contributed by atoms with Crippen molar-refractivity contribution in [2.45, 2.75) is 52.4 Å². The summed E-state index contributed by atoms with van der Waals surface area (Å²) in [5.74, 6) is 8.18. The number of unbranched alkanes of at least 4 members (excludes halogenated alkanes) is 4. The van der Waals surface area contributed by atoms with Gasteiger partial charge in [-0.2, -0.15) is 0 Å². The highest BCUT2D eigenvalue weighted by Crippen LogP contribution is 2.14. The van der Waals surface area contributed by atoms with E-state index in [-0.39, 0.29) is 0 Å². The van der Waals surface area contributed by atoms with Crippen molar-refractivity contribution in [2.24, 2.45) is 0 Å². The fraction of sp³-hybridized carbons (Fsp3) is 0.385. The molecule has 0 N–H and O–H groups in total. The first-order valence-electron chi connectivity index (χ1n) is 10.4. The smallest absolute Gasteiger partial charge is 0.119 e. The van der Waals surface area contributed by atoms with E-state index < -0.39 is 0 Å². The molecular weight excluding hydrogens is 344 g/mol. The highest BCUT2D eigenvalue weighted by atomic mass is 16.5. The van der Waals surface area contributed by atoms with Crippen LogP contribution in [0.25, 0.3) is 0 Å². The largest absolute Gasteiger partial charge is 0.494 e. The Hall–Kier alpha value is -2.66. The monoisotopic (exact) mass is 376 g/mol. The predicted molar refractivity (Wildman–Crippen MR) is 118 cm³/mol. The van der Waals surface area contributed by atoms with Crippen LogP contribution >= 0.6 is 0 Å². The molecule has 2 heteroatoms. The second-order valence-corrected chi connectivity index (χ2v) is 6.78. The summed E-state index contributed by atoms with van der Waals surface area (Å²) >= 11 is 0. The Morgan fingerprint density at radius 2 is 1.25 bits per heavy atom. The van der Waals surface area contributed by atoms with Crippen LogP contribution in [0.1, 0.15) is 63.5 Å². The standard InChI is InChI=1S/C26H32O2/c1-3-5-7-8-10-22-28-26-19-15-24(16-20-26)12-11-23-13-17-25(18-14-23)27-21-9-6-4-2/h8,10,13-20H,3-7,9,21-22H2,1-2H3. The third-order valence-electron chi connectivity index (χ3n) is 4.31. The molecule has 0 radical (unpaired) electrons. The lowest BCUT2D eigenvalue weighted by Crippen LogP contribution is -1.96. The summed E-state index contributed by atoms with van der Waals surface area (Å²) in [7, 11) is 0. The lowest BCUT2D eigenvalue weighted by atomic mass is 10.2. The predicted octanol–water partition coefficient (Wildman–Crippen LogP) is 6.78. The van der Waals surface area contributed by atoms with Crippen molar-refractivity contribution in [1.29, 1.82) is 0 Å². The number of allylic oxidation sites excluding steroid dienone is 1. The fourth-order valence-electron chi connectivity index (χ4n) is 2.61. The molecule has 2 aromatic carbocycles. The molecule has 0 spiro atoms. The summed E-state index contributed by atoms with van der Waals surface area (Å²) < 4.78 is 11.4. The van der Waals surface area contributed by atoms with Crippen LogP contribution in [0.5, 0.6) is 11.5 Å². The van der Waals surface area contributed by atoms with E-state index in [9.17, 15) is 0 Å². The summed E-state index contributed by atoms with van der Waals surface area (Å²) in [4.78, 5) is 0. The maximum Gasteiger partial charge on any atom is 0.119 e. The van der Waals surface area contributed by atoms with Gasteiger partial charge in [-0.05, 0) is 61.4 Å². The Bertz CT molecular complexity index is 746. The Labute approximate surface area is 170 Å². The summed E-state index contributed by atoms with van der Waals surface area (Å²) in [5, 5.41) is 0. The van der Waals surface area contributed by atoms with Crippen LogP contribution < -0.4 is 9.47 Å². The van der Waals surface area contributed by atoms with E-state index in [2.05, 4.69) is 37.8 Å². The summed E-state index contributed by atoms with van der Waals surface area (Å²) in [6.45, 7) is 5.79. The zero-order valence-electron chi connectivity index (χ0n) is 17.2. The molecule has 2 nitrogen and oxygen atoms in total. The molecular formula is C26H32O2. The number of hydrogen-bond donors (Lipinski definition) is 0. The van der Waals surface area contributed by atoms with Gasteiger partial charge in [-0.25, -0.2) is 0 Å². The number of ether oxygens (including phenoxy) is 2. The van der Waals surface area contributed by atoms with Crippen LogP contribution in [0, 0.1) is 11.8 Å². The van der Waals surface area contributed by atoms with Gasteiger partial charge in [0.1, 0.15) is 18.1 Å². The SMILES string of the molecule is CCCCC=CCOc1ccc(C#Cc2ccc(OCCCCC)cc2)cc1. The summed E-state index contributed by atoms with van der Waals surface area (Å²) in [6.07, 6.45) is 11.4. The van der Waals surface area contributed by atoms with E-state index in [4.69, 9.17) is 9.47 Å².